The predicted molar refractivity (Wildman–Crippen MR) is 77.7 cm³/mol. The van der Waals surface area contributed by atoms with Crippen LogP contribution in [0.4, 0.5) is 0 Å². The summed E-state index contributed by atoms with van der Waals surface area (Å²) in [5.41, 5.74) is 0.176. The van der Waals surface area contributed by atoms with E-state index in [1.54, 1.807) is 13.8 Å². The molecule has 0 saturated carbocycles. The molecule has 0 rings (SSSR count). The second-order valence-electron chi connectivity index (χ2n) is 3.21. The average Bonchev–Trinajstić information content (AvgIpc) is 2.40. The molecular weight excluding hydrogens is 280 g/mol. The van der Waals surface area contributed by atoms with E-state index in [9.17, 15) is 14.4 Å². The molecule has 0 aromatic rings. The number of aliphatic carboxylic acids is 1. The Morgan fingerprint density at radius 1 is 1.05 bits per heavy atom. The van der Waals surface area contributed by atoms with E-state index >= 15 is 0 Å². The second kappa shape index (κ2) is 15.5. The van der Waals surface area contributed by atoms with Crippen molar-refractivity contribution in [2.45, 2.75) is 20.8 Å². The van der Waals surface area contributed by atoms with Gasteiger partial charge in [-0.25, -0.2) is 14.4 Å². The van der Waals surface area contributed by atoms with Crippen LogP contribution in [0, 0.1) is 0 Å². The smallest absolute Gasteiger partial charge is 0.372 e. The van der Waals surface area contributed by atoms with Crippen LogP contribution in [0.1, 0.15) is 20.8 Å². The van der Waals surface area contributed by atoms with Crippen molar-refractivity contribution in [3.63, 3.8) is 0 Å². The third-order valence-electron chi connectivity index (χ3n) is 1.33. The van der Waals surface area contributed by atoms with Crippen LogP contribution in [0.15, 0.2) is 37.1 Å². The Kier molecular flexibility index (Phi) is 17.3. The first-order valence-corrected chi connectivity index (χ1v) is 5.86. The summed E-state index contributed by atoms with van der Waals surface area (Å²) < 4.78 is 8.75. The highest BCUT2D eigenvalue weighted by Crippen LogP contribution is 1.86. The minimum atomic E-state index is -0.935. The van der Waals surface area contributed by atoms with E-state index in [1.807, 2.05) is 0 Å². The van der Waals surface area contributed by atoms with Crippen LogP contribution in [0.3, 0.4) is 0 Å². The summed E-state index contributed by atoms with van der Waals surface area (Å²) in [6, 6.07) is 0. The first-order valence-electron chi connectivity index (χ1n) is 5.86. The Labute approximate surface area is 124 Å². The number of carbonyl (C=O) groups is 3. The first kappa shape index (κ1) is 23.5. The number of carbonyl (C=O) groups excluding carboxylic acids is 2. The third-order valence-corrected chi connectivity index (χ3v) is 1.33. The largest absolute Gasteiger partial charge is 0.502 e. The Morgan fingerprint density at radius 2 is 1.43 bits per heavy atom. The van der Waals surface area contributed by atoms with E-state index in [2.05, 4.69) is 29.2 Å². The van der Waals surface area contributed by atoms with Gasteiger partial charge in [-0.05, 0) is 27.4 Å². The molecule has 0 aliphatic rings. The fourth-order valence-corrected chi connectivity index (χ4v) is 0.416. The molecule has 0 bridgehead atoms. The molecule has 0 aromatic carbocycles. The summed E-state index contributed by atoms with van der Waals surface area (Å²) in [5, 5.41) is 16.2. The molecule has 0 heterocycles. The lowest BCUT2D eigenvalue weighted by atomic mass is 10.4. The van der Waals surface area contributed by atoms with Crippen molar-refractivity contribution < 1.29 is 34.1 Å². The van der Waals surface area contributed by atoms with Crippen LogP contribution >= 0.6 is 0 Å². The van der Waals surface area contributed by atoms with Crippen molar-refractivity contribution in [3.8, 4) is 0 Å². The minimum absolute atomic E-state index is 0.176. The van der Waals surface area contributed by atoms with Crippen molar-refractivity contribution >= 4 is 17.9 Å². The molecule has 0 amide bonds. The Bertz CT molecular complexity index is 371. The van der Waals surface area contributed by atoms with Gasteiger partial charge in [-0.2, -0.15) is 0 Å². The fraction of sp³-hybridized carbons (Fsp3) is 0.357. The van der Waals surface area contributed by atoms with Gasteiger partial charge in [-0.1, -0.05) is 13.2 Å². The molecule has 0 saturated heterocycles. The van der Waals surface area contributed by atoms with Crippen molar-refractivity contribution in [3.05, 3.63) is 37.1 Å². The van der Waals surface area contributed by atoms with E-state index in [0.29, 0.717) is 6.61 Å². The maximum Gasteiger partial charge on any atom is 0.372 e. The number of ether oxygens (including phenoxy) is 2. The second-order valence-corrected chi connectivity index (χ2v) is 3.21. The monoisotopic (exact) mass is 302 g/mol. The zero-order valence-electron chi connectivity index (χ0n) is 12.5. The van der Waals surface area contributed by atoms with Crippen molar-refractivity contribution in [1.29, 1.82) is 0 Å². The quantitative estimate of drug-likeness (QED) is 0.454. The van der Waals surface area contributed by atoms with E-state index in [1.165, 1.54) is 6.92 Å². The molecule has 0 spiro atoms. The highest BCUT2D eigenvalue weighted by Gasteiger charge is 2.01. The zero-order valence-corrected chi connectivity index (χ0v) is 12.5. The number of aliphatic hydroxyl groups is 1. The first-order chi connectivity index (χ1) is 9.63. The SMILES string of the molecule is C=C(C)C(=O)O.C=C(O)C(=O)OCC.C=CC(=O)OCC. The number of hydrogen-bond donors (Lipinski definition) is 2. The molecule has 7 nitrogen and oxygen atoms in total. The Hall–Kier alpha value is -2.57. The number of hydrogen-bond acceptors (Lipinski definition) is 6. The predicted octanol–water partition coefficient (Wildman–Crippen LogP) is 2.00. The number of carboxylic acid groups (broad SMARTS) is 1. The van der Waals surface area contributed by atoms with Crippen molar-refractivity contribution in [1.82, 2.24) is 0 Å². The molecule has 21 heavy (non-hydrogen) atoms. The lowest BCUT2D eigenvalue weighted by molar-refractivity contribution is -0.141. The fourth-order valence-electron chi connectivity index (χ4n) is 0.416. The Morgan fingerprint density at radius 3 is 1.52 bits per heavy atom. The van der Waals surface area contributed by atoms with Gasteiger partial charge in [-0.15, -0.1) is 0 Å². The van der Waals surface area contributed by atoms with Crippen LogP contribution in [0.2, 0.25) is 0 Å². The van der Waals surface area contributed by atoms with E-state index < -0.39 is 17.7 Å². The maximum atomic E-state index is 10.2. The summed E-state index contributed by atoms with van der Waals surface area (Å²) >= 11 is 0. The van der Waals surface area contributed by atoms with E-state index in [-0.39, 0.29) is 18.1 Å². The van der Waals surface area contributed by atoms with Gasteiger partial charge in [0.2, 0.25) is 0 Å². The number of carboxylic acids is 1. The molecule has 0 unspecified atom stereocenters. The molecule has 0 radical (unpaired) electrons. The minimum Gasteiger partial charge on any atom is -0.502 e. The number of aliphatic hydroxyl groups excluding tert-OH is 1. The summed E-state index contributed by atoms with van der Waals surface area (Å²) in [4.78, 5) is 29.8. The lowest BCUT2D eigenvalue weighted by Gasteiger charge is -1.95. The third kappa shape index (κ3) is 23.0. The van der Waals surface area contributed by atoms with Crippen LogP contribution < -0.4 is 0 Å². The van der Waals surface area contributed by atoms with E-state index in [0.717, 1.165) is 6.08 Å². The van der Waals surface area contributed by atoms with Crippen LogP contribution in [-0.4, -0.2) is 41.3 Å². The van der Waals surface area contributed by atoms with Gasteiger partial charge in [0.05, 0.1) is 13.2 Å². The molecule has 0 aliphatic heterocycles. The van der Waals surface area contributed by atoms with Crippen LogP contribution in [-0.2, 0) is 23.9 Å². The average molecular weight is 302 g/mol. The van der Waals surface area contributed by atoms with Crippen LogP contribution in [0.25, 0.3) is 0 Å². The standard InChI is InChI=1S/C5H8O3.C5H8O2.C4H6O2/c1-3-8-5(7)4(2)6;1-3-5(6)7-4-2;1-3(2)4(5)6/h6H,2-3H2,1H3;3H,1,4H2,2H3;1H2,2H3,(H,5,6). The van der Waals surface area contributed by atoms with Crippen molar-refractivity contribution in [2.75, 3.05) is 13.2 Å². The van der Waals surface area contributed by atoms with E-state index in [4.69, 9.17) is 10.2 Å². The normalized spacial score (nSPS) is 7.76. The van der Waals surface area contributed by atoms with Gasteiger partial charge in [0.1, 0.15) is 0 Å². The summed E-state index contributed by atoms with van der Waals surface area (Å²) in [6.45, 7) is 14.8. The van der Waals surface area contributed by atoms with Gasteiger partial charge in [0.15, 0.2) is 5.76 Å². The topological polar surface area (TPSA) is 110 Å². The maximum absolute atomic E-state index is 10.2. The molecule has 0 atom stereocenters. The van der Waals surface area contributed by atoms with Gasteiger partial charge in [-0.3, -0.25) is 0 Å². The summed E-state index contributed by atoms with van der Waals surface area (Å²) in [6.07, 6.45) is 1.14. The molecule has 0 fully saturated rings. The highest BCUT2D eigenvalue weighted by molar-refractivity contribution is 5.85. The summed E-state index contributed by atoms with van der Waals surface area (Å²) in [5.74, 6) is -2.60. The molecule has 0 aromatic heterocycles. The van der Waals surface area contributed by atoms with Gasteiger partial charge in [0, 0.05) is 11.6 Å². The van der Waals surface area contributed by atoms with Crippen molar-refractivity contribution in [2.24, 2.45) is 0 Å². The van der Waals surface area contributed by atoms with Gasteiger partial charge >= 0.3 is 17.9 Å². The van der Waals surface area contributed by atoms with Crippen LogP contribution in [0.5, 0.6) is 0 Å². The molecule has 2 N–H and O–H groups in total. The molecule has 120 valence electrons. The van der Waals surface area contributed by atoms with Gasteiger partial charge < -0.3 is 19.7 Å². The van der Waals surface area contributed by atoms with Gasteiger partial charge in [0.25, 0.3) is 0 Å². The molecule has 7 heteroatoms. The highest BCUT2D eigenvalue weighted by atomic mass is 16.5. The summed E-state index contributed by atoms with van der Waals surface area (Å²) in [7, 11) is 0. The zero-order chi connectivity index (χ0) is 17.4. The number of rotatable bonds is 5. The lowest BCUT2D eigenvalue weighted by Crippen LogP contribution is -2.05. The Balaban J connectivity index is -0.000000234. The molecule has 0 aliphatic carbocycles. The number of esters is 2. The molecular formula is C14H22O7.